The fraction of sp³-hybridized carbons (Fsp3) is 0.590. The predicted octanol–water partition coefficient (Wildman–Crippen LogP) is 12.6. The van der Waals surface area contributed by atoms with Crippen LogP contribution in [0.5, 0.6) is 0 Å². The molecule has 2 nitrogen and oxygen atoms in total. The number of rotatable bonds is 21. The molecule has 0 fully saturated rings. The summed E-state index contributed by atoms with van der Waals surface area (Å²) in [6, 6.07) is 17.5. The number of allylic oxidation sites excluding steroid dienone is 2. The van der Waals surface area contributed by atoms with Gasteiger partial charge in [-0.15, -0.1) is 4.79 Å². The molecule has 0 aromatic heterocycles. The third kappa shape index (κ3) is 18.5. The molecule has 2 aromatic carbocycles. The van der Waals surface area contributed by atoms with Crippen LogP contribution in [0.25, 0.3) is 11.1 Å². The van der Waals surface area contributed by atoms with Crippen molar-refractivity contribution in [3.63, 3.8) is 0 Å². The first-order valence-electron chi connectivity index (χ1n) is 16.9. The van der Waals surface area contributed by atoms with Crippen molar-refractivity contribution >= 4 is 11.4 Å². The van der Waals surface area contributed by atoms with Crippen LogP contribution in [0.1, 0.15) is 146 Å². The minimum atomic E-state index is 0.869. The number of aryl methyl sites for hydroxylation is 2. The van der Waals surface area contributed by atoms with Crippen LogP contribution in [0.2, 0.25) is 9.79 Å². The Bertz CT molecular complexity index is 1030. The van der Waals surface area contributed by atoms with Crippen LogP contribution in [0.4, 0.5) is 0 Å². The first kappa shape index (κ1) is 38.0. The minimum absolute atomic E-state index is 0.869. The zero-order valence-corrected chi connectivity index (χ0v) is 29.2. The van der Waals surface area contributed by atoms with E-state index in [1.807, 2.05) is 0 Å². The van der Waals surface area contributed by atoms with Crippen LogP contribution in [-0.4, -0.2) is 10.7 Å². The summed E-state index contributed by atoms with van der Waals surface area (Å²) < 4.78 is 0. The van der Waals surface area contributed by atoms with Crippen molar-refractivity contribution in [3.05, 3.63) is 88.0 Å². The predicted molar refractivity (Wildman–Crippen MR) is 182 cm³/mol. The number of hydrogen-bond donors (Lipinski definition) is 0. The van der Waals surface area contributed by atoms with E-state index in [0.29, 0.717) is 0 Å². The van der Waals surface area contributed by atoms with Crippen LogP contribution >= 0.6 is 0 Å². The van der Waals surface area contributed by atoms with Crippen molar-refractivity contribution in [2.75, 3.05) is 0 Å². The Kier molecular flexibility index (Phi) is 24.1. The van der Waals surface area contributed by atoms with Crippen molar-refractivity contribution in [2.24, 2.45) is 0 Å². The van der Waals surface area contributed by atoms with E-state index >= 15 is 0 Å². The Morgan fingerprint density at radius 1 is 0.667 bits per heavy atom. The molecule has 0 radical (unpaired) electrons. The quantitative estimate of drug-likeness (QED) is 0.0318. The molecule has 0 unspecified atom stereocenters. The summed E-state index contributed by atoms with van der Waals surface area (Å²) in [4.78, 5) is 6.26. The molecule has 0 N–H and O–H groups in total. The molecule has 0 saturated heterocycles. The first-order valence-corrected chi connectivity index (χ1v) is 19.1. The second kappa shape index (κ2) is 26.6. The van der Waals surface area contributed by atoms with E-state index in [-0.39, 0.29) is 0 Å². The number of unbranched alkanes of at least 4 members (excludes halogenated alkanes) is 10. The van der Waals surface area contributed by atoms with Gasteiger partial charge in [-0.25, -0.2) is 0 Å². The summed E-state index contributed by atoms with van der Waals surface area (Å²) in [5, 5.41) is 0. The van der Waals surface area contributed by atoms with Crippen LogP contribution in [-0.2, 0) is 24.4 Å². The average molecular weight is 663 g/mol. The van der Waals surface area contributed by atoms with Crippen molar-refractivity contribution < 1.29 is 22.8 Å². The Hall–Kier alpha value is -2.00. The molecule has 42 heavy (non-hydrogen) atoms. The topological polar surface area (TPSA) is 36.4 Å². The van der Waals surface area contributed by atoms with Crippen molar-refractivity contribution in [2.45, 2.75) is 147 Å². The Labute approximate surface area is 268 Å². The van der Waals surface area contributed by atoms with E-state index < -0.39 is 0 Å². The fourth-order valence-corrected chi connectivity index (χ4v) is 6.63. The molecule has 0 aliphatic heterocycles. The van der Waals surface area contributed by atoms with Crippen molar-refractivity contribution in [1.29, 1.82) is 0 Å². The van der Waals surface area contributed by atoms with E-state index in [1.165, 1.54) is 116 Å². The normalized spacial score (nSPS) is 11.0. The van der Waals surface area contributed by atoms with Gasteiger partial charge in [0.1, 0.15) is 0 Å². The molecular weight excluding hydrogens is 603 g/mol. The molecule has 0 aliphatic rings. The molecule has 0 saturated carbocycles. The van der Waals surface area contributed by atoms with E-state index in [4.69, 9.17) is 5.53 Å². The van der Waals surface area contributed by atoms with Gasteiger partial charge in [0.2, 0.25) is 0 Å². The Morgan fingerprint density at radius 3 is 1.67 bits per heavy atom. The monoisotopic (exact) mass is 662 g/mol. The second-order valence-electron chi connectivity index (χ2n) is 11.4. The first-order chi connectivity index (χ1) is 20.6. The SMILES string of the molecule is CCCCCCC(=C=[N+]=[N-])C=C(c1ccc(C)cc1)c1ccc(CCCC)cc1.CCCCC[CH2][Pd][CH2]CCCCC. The fourth-order valence-electron chi connectivity index (χ4n) is 4.69. The van der Waals surface area contributed by atoms with Crippen LogP contribution in [0.3, 0.4) is 0 Å². The summed E-state index contributed by atoms with van der Waals surface area (Å²) >= 11 is 1.07. The molecular formula is C39H60N2Pd. The Balaban J connectivity index is 0.000000572. The standard InChI is InChI=1S/C27H34N2.2C6H13.Pd/c1-4-6-8-9-11-24(21-29-28)20-27(25-16-12-22(3)13-17-25)26-18-14-23(15-19-26)10-7-5-2;2*1-3-5-6-4-2;/h12-20H,4-11H2,1-3H3;2*1,3-6H2,2H3;. The molecule has 2 rings (SSSR count). The Morgan fingerprint density at radius 2 is 1.17 bits per heavy atom. The zero-order valence-electron chi connectivity index (χ0n) is 27.6. The zero-order chi connectivity index (χ0) is 30.7. The summed E-state index contributed by atoms with van der Waals surface area (Å²) in [5.41, 5.74) is 16.2. The molecule has 0 heterocycles. The summed E-state index contributed by atoms with van der Waals surface area (Å²) in [5.74, 6) is 2.80. The molecule has 0 aliphatic carbocycles. The molecule has 236 valence electrons. The molecule has 3 heteroatoms. The number of nitrogens with zero attached hydrogens (tertiary/aromatic N) is 2. The third-order valence-corrected chi connectivity index (χ3v) is 9.61. The number of hydrogen-bond acceptors (Lipinski definition) is 0. The van der Waals surface area contributed by atoms with Gasteiger partial charge in [0.15, 0.2) is 0 Å². The molecule has 0 bridgehead atoms. The van der Waals surface area contributed by atoms with Gasteiger partial charge in [-0.2, -0.15) is 0 Å². The summed E-state index contributed by atoms with van der Waals surface area (Å²) in [6.07, 6.45) is 22.9. The molecule has 0 atom stereocenters. The van der Waals surface area contributed by atoms with Gasteiger partial charge < -0.3 is 5.53 Å². The second-order valence-corrected chi connectivity index (χ2v) is 13.7. The van der Waals surface area contributed by atoms with E-state index in [1.54, 1.807) is 0 Å². The van der Waals surface area contributed by atoms with E-state index in [9.17, 15) is 0 Å². The van der Waals surface area contributed by atoms with Gasteiger partial charge in [-0.05, 0) is 60.9 Å². The van der Waals surface area contributed by atoms with Gasteiger partial charge in [-0.1, -0.05) is 93.6 Å². The number of benzene rings is 2. The third-order valence-electron chi connectivity index (χ3n) is 7.41. The molecule has 0 amide bonds. The average Bonchev–Trinajstić information content (AvgIpc) is 3.01. The van der Waals surface area contributed by atoms with E-state index in [0.717, 1.165) is 48.4 Å². The van der Waals surface area contributed by atoms with Gasteiger partial charge in [0.25, 0.3) is 0 Å². The maximum absolute atomic E-state index is 9.11. The van der Waals surface area contributed by atoms with Gasteiger partial charge in [0, 0.05) is 0 Å². The summed E-state index contributed by atoms with van der Waals surface area (Å²) in [6.45, 7) is 11.1. The van der Waals surface area contributed by atoms with Crippen LogP contribution < -0.4 is 0 Å². The molecule has 2 aromatic rings. The van der Waals surface area contributed by atoms with Gasteiger partial charge in [0.05, 0.1) is 5.57 Å². The van der Waals surface area contributed by atoms with Crippen LogP contribution in [0.15, 0.2) is 60.2 Å². The van der Waals surface area contributed by atoms with Gasteiger partial charge in [-0.3, -0.25) is 0 Å². The van der Waals surface area contributed by atoms with Crippen molar-refractivity contribution in [1.82, 2.24) is 0 Å². The van der Waals surface area contributed by atoms with E-state index in [2.05, 4.69) is 99.9 Å². The van der Waals surface area contributed by atoms with Crippen molar-refractivity contribution in [3.8, 4) is 0 Å². The maximum atomic E-state index is 9.11. The summed E-state index contributed by atoms with van der Waals surface area (Å²) in [7, 11) is 0. The van der Waals surface area contributed by atoms with Crippen LogP contribution in [0, 0.1) is 6.92 Å². The van der Waals surface area contributed by atoms with Gasteiger partial charge >= 0.3 is 98.9 Å². The molecule has 0 spiro atoms.